The zero-order valence-electron chi connectivity index (χ0n) is 19.1. The van der Waals surface area contributed by atoms with Crippen LogP contribution in [0.5, 0.6) is 0 Å². The van der Waals surface area contributed by atoms with Crippen molar-refractivity contribution in [1.82, 2.24) is 24.8 Å². The summed E-state index contributed by atoms with van der Waals surface area (Å²) in [5.74, 6) is 0. The highest BCUT2D eigenvalue weighted by molar-refractivity contribution is 7.80. The molecule has 5 rings (SSSR count). The van der Waals surface area contributed by atoms with Crippen molar-refractivity contribution in [2.45, 2.75) is 39.4 Å². The van der Waals surface area contributed by atoms with E-state index in [9.17, 15) is 0 Å². The van der Waals surface area contributed by atoms with Gasteiger partial charge in [0, 0.05) is 42.2 Å². The Labute approximate surface area is 200 Å². The van der Waals surface area contributed by atoms with E-state index in [0.717, 1.165) is 10.8 Å². The molecule has 0 spiro atoms. The third-order valence-corrected chi connectivity index (χ3v) is 6.73. The second-order valence-electron chi connectivity index (χ2n) is 8.61. The second-order valence-corrected chi connectivity index (χ2v) is 8.99. The van der Waals surface area contributed by atoms with Crippen molar-refractivity contribution in [2.75, 3.05) is 0 Å². The van der Waals surface area contributed by atoms with Gasteiger partial charge in [0.2, 0.25) is 0 Å². The van der Waals surface area contributed by atoms with E-state index in [-0.39, 0.29) is 12.1 Å². The highest BCUT2D eigenvalue weighted by Crippen LogP contribution is 2.42. The van der Waals surface area contributed by atoms with E-state index < -0.39 is 0 Å². The summed E-state index contributed by atoms with van der Waals surface area (Å²) in [7, 11) is 0. The van der Waals surface area contributed by atoms with Crippen LogP contribution in [0.15, 0.2) is 79.3 Å². The molecule has 33 heavy (non-hydrogen) atoms. The quantitative estimate of drug-likeness (QED) is 0.412. The smallest absolute Gasteiger partial charge is 0.170 e. The van der Waals surface area contributed by atoms with Gasteiger partial charge in [-0.25, -0.2) is 0 Å². The summed E-state index contributed by atoms with van der Waals surface area (Å²) >= 11 is 5.85. The van der Waals surface area contributed by atoms with Crippen molar-refractivity contribution in [3.05, 3.63) is 113 Å². The maximum atomic E-state index is 5.85. The van der Waals surface area contributed by atoms with E-state index >= 15 is 0 Å². The normalized spacial score (nSPS) is 17.9. The minimum atomic E-state index is -0.0347. The number of aryl methyl sites for hydroxylation is 2. The molecule has 1 N–H and O–H groups in total. The third kappa shape index (κ3) is 4.02. The largest absolute Gasteiger partial charge is 0.352 e. The minimum Gasteiger partial charge on any atom is -0.352 e. The Hall–Kier alpha value is -3.51. The van der Waals surface area contributed by atoms with E-state index in [0.29, 0.717) is 6.54 Å². The van der Waals surface area contributed by atoms with Gasteiger partial charge in [-0.1, -0.05) is 23.8 Å². The molecular formula is C27H27N5S. The summed E-state index contributed by atoms with van der Waals surface area (Å²) in [6, 6.07) is 21.1. The SMILES string of the molecule is Cc1ccc(-n2c(C)cc([C@H]3[C@@H](c4ccccn4)NC(=S)N3Cc3ccncc3)c2C)cc1. The maximum absolute atomic E-state index is 5.85. The van der Waals surface area contributed by atoms with Crippen molar-refractivity contribution in [2.24, 2.45) is 0 Å². The van der Waals surface area contributed by atoms with Crippen LogP contribution >= 0.6 is 12.2 Å². The highest BCUT2D eigenvalue weighted by Gasteiger charge is 2.41. The molecule has 5 nitrogen and oxygen atoms in total. The van der Waals surface area contributed by atoms with Gasteiger partial charge >= 0.3 is 0 Å². The molecule has 166 valence electrons. The molecule has 1 saturated heterocycles. The zero-order valence-corrected chi connectivity index (χ0v) is 19.9. The van der Waals surface area contributed by atoms with Crippen LogP contribution in [-0.4, -0.2) is 24.5 Å². The second kappa shape index (κ2) is 8.79. The predicted molar refractivity (Wildman–Crippen MR) is 135 cm³/mol. The summed E-state index contributed by atoms with van der Waals surface area (Å²) in [4.78, 5) is 11.1. The lowest BCUT2D eigenvalue weighted by Gasteiger charge is -2.28. The number of aromatic nitrogens is 3. The number of benzene rings is 1. The molecule has 0 aliphatic carbocycles. The molecule has 0 bridgehead atoms. The third-order valence-electron chi connectivity index (χ3n) is 6.38. The van der Waals surface area contributed by atoms with Crippen molar-refractivity contribution >= 4 is 17.3 Å². The monoisotopic (exact) mass is 453 g/mol. The molecule has 0 radical (unpaired) electrons. The van der Waals surface area contributed by atoms with E-state index in [1.807, 2.05) is 42.9 Å². The number of nitrogens with one attached hydrogen (secondary N) is 1. The van der Waals surface area contributed by atoms with Crippen LogP contribution in [0.3, 0.4) is 0 Å². The van der Waals surface area contributed by atoms with Gasteiger partial charge in [0.25, 0.3) is 0 Å². The van der Waals surface area contributed by atoms with Gasteiger partial charge in [-0.2, -0.15) is 0 Å². The summed E-state index contributed by atoms with van der Waals surface area (Å²) < 4.78 is 2.33. The van der Waals surface area contributed by atoms with Crippen LogP contribution in [0, 0.1) is 20.8 Å². The number of pyridine rings is 2. The number of hydrogen-bond acceptors (Lipinski definition) is 3. The van der Waals surface area contributed by atoms with Crippen molar-refractivity contribution < 1.29 is 0 Å². The Morgan fingerprint density at radius 2 is 1.70 bits per heavy atom. The molecule has 4 heterocycles. The number of thiocarbonyl (C=S) groups is 1. The van der Waals surface area contributed by atoms with Crippen molar-refractivity contribution in [1.29, 1.82) is 0 Å². The molecule has 1 fully saturated rings. The Bertz CT molecular complexity index is 1270. The zero-order chi connectivity index (χ0) is 22.9. The number of rotatable bonds is 5. The lowest BCUT2D eigenvalue weighted by atomic mass is 9.96. The summed E-state index contributed by atoms with van der Waals surface area (Å²) in [6.45, 7) is 7.18. The van der Waals surface area contributed by atoms with Crippen LogP contribution in [-0.2, 0) is 6.54 Å². The van der Waals surface area contributed by atoms with Crippen LogP contribution in [0.4, 0.5) is 0 Å². The molecule has 0 unspecified atom stereocenters. The first kappa shape index (κ1) is 21.3. The fraction of sp³-hybridized carbons (Fsp3) is 0.222. The fourth-order valence-corrected chi connectivity index (χ4v) is 5.08. The topological polar surface area (TPSA) is 46.0 Å². The fourth-order valence-electron chi connectivity index (χ4n) is 4.78. The Morgan fingerprint density at radius 3 is 2.39 bits per heavy atom. The van der Waals surface area contributed by atoms with Crippen LogP contribution in [0.2, 0.25) is 0 Å². The molecule has 0 amide bonds. The molecule has 6 heteroatoms. The Kier molecular flexibility index (Phi) is 5.68. The minimum absolute atomic E-state index is 0.0194. The first-order valence-electron chi connectivity index (χ1n) is 11.2. The van der Waals surface area contributed by atoms with Gasteiger partial charge in [0.1, 0.15) is 0 Å². The molecular weight excluding hydrogens is 426 g/mol. The van der Waals surface area contributed by atoms with Crippen molar-refractivity contribution in [3.63, 3.8) is 0 Å². The van der Waals surface area contributed by atoms with Gasteiger partial charge in [0.15, 0.2) is 5.11 Å². The van der Waals surface area contributed by atoms with Gasteiger partial charge in [0.05, 0.1) is 17.8 Å². The first-order valence-corrected chi connectivity index (χ1v) is 11.6. The van der Waals surface area contributed by atoms with Gasteiger partial charge in [-0.05, 0) is 86.6 Å². The van der Waals surface area contributed by atoms with Gasteiger partial charge in [-0.15, -0.1) is 0 Å². The molecule has 1 aromatic carbocycles. The highest BCUT2D eigenvalue weighted by atomic mass is 32.1. The molecule has 0 saturated carbocycles. The Morgan fingerprint density at radius 1 is 0.939 bits per heavy atom. The van der Waals surface area contributed by atoms with Gasteiger partial charge in [-0.3, -0.25) is 9.97 Å². The van der Waals surface area contributed by atoms with Crippen LogP contribution < -0.4 is 5.32 Å². The van der Waals surface area contributed by atoms with Crippen molar-refractivity contribution in [3.8, 4) is 5.69 Å². The maximum Gasteiger partial charge on any atom is 0.170 e. The van der Waals surface area contributed by atoms with E-state index in [2.05, 4.69) is 81.9 Å². The average molecular weight is 454 g/mol. The Balaban J connectivity index is 1.61. The van der Waals surface area contributed by atoms with E-state index in [1.54, 1.807) is 0 Å². The average Bonchev–Trinajstić information content (AvgIpc) is 3.31. The first-order chi connectivity index (χ1) is 16.0. The lowest BCUT2D eigenvalue weighted by Crippen LogP contribution is -2.29. The van der Waals surface area contributed by atoms with Gasteiger partial charge < -0.3 is 14.8 Å². The molecule has 4 aromatic rings. The predicted octanol–water partition coefficient (Wildman–Crippen LogP) is 5.37. The molecule has 1 aliphatic heterocycles. The summed E-state index contributed by atoms with van der Waals surface area (Å²) in [5, 5.41) is 4.31. The van der Waals surface area contributed by atoms with E-state index in [4.69, 9.17) is 12.2 Å². The molecule has 1 aliphatic rings. The van der Waals surface area contributed by atoms with Crippen LogP contribution in [0.25, 0.3) is 5.69 Å². The molecule has 2 atom stereocenters. The van der Waals surface area contributed by atoms with Crippen LogP contribution in [0.1, 0.15) is 45.9 Å². The summed E-state index contributed by atoms with van der Waals surface area (Å²) in [5.41, 5.74) is 8.26. The summed E-state index contributed by atoms with van der Waals surface area (Å²) in [6.07, 6.45) is 5.50. The lowest BCUT2D eigenvalue weighted by molar-refractivity contribution is 0.310. The number of nitrogens with zero attached hydrogens (tertiary/aromatic N) is 4. The van der Waals surface area contributed by atoms with E-state index in [1.165, 1.54) is 33.8 Å². The standard InChI is InChI=1S/C27H27N5S/c1-18-7-9-22(10-8-18)32-19(2)16-23(20(32)3)26-25(24-6-4-5-13-29-24)30-27(33)31(26)17-21-11-14-28-15-12-21/h4-16,25-26H,17H2,1-3H3,(H,30,33)/t25-,26+/m1/s1. The number of hydrogen-bond donors (Lipinski definition) is 1. The molecule has 3 aromatic heterocycles.